The first kappa shape index (κ1) is 14.6. The molecule has 0 saturated carbocycles. The largest absolute Gasteiger partial charge is 0.334 e. The molecule has 0 aliphatic carbocycles. The van der Waals surface area contributed by atoms with Crippen LogP contribution in [0.5, 0.6) is 0 Å². The minimum absolute atomic E-state index is 0.256. The smallest absolute Gasteiger partial charge is 0.325 e. The number of guanidine groups is 1. The van der Waals surface area contributed by atoms with Crippen LogP contribution in [-0.2, 0) is 4.79 Å². The van der Waals surface area contributed by atoms with Crippen LogP contribution in [0.15, 0.2) is 4.99 Å². The molecule has 0 spiro atoms. The second-order valence-electron chi connectivity index (χ2n) is 5.69. The zero-order valence-electron chi connectivity index (χ0n) is 12.5. The Morgan fingerprint density at radius 1 is 1.35 bits per heavy atom. The van der Waals surface area contributed by atoms with Crippen molar-refractivity contribution >= 4 is 17.9 Å². The number of hydrogen-bond donors (Lipinski definition) is 2. The topological polar surface area (TPSA) is 77.0 Å². The molecule has 112 valence electrons. The molecule has 0 aromatic carbocycles. The Kier molecular flexibility index (Phi) is 4.15. The highest BCUT2D eigenvalue weighted by atomic mass is 16.2. The third-order valence-electron chi connectivity index (χ3n) is 3.49. The van der Waals surface area contributed by atoms with Crippen LogP contribution >= 0.6 is 0 Å². The lowest BCUT2D eigenvalue weighted by molar-refractivity contribution is -0.127. The lowest BCUT2D eigenvalue weighted by Gasteiger charge is -2.35. The summed E-state index contributed by atoms with van der Waals surface area (Å²) in [5.41, 5.74) is 0. The van der Waals surface area contributed by atoms with E-state index in [1.165, 1.54) is 4.90 Å². The average Bonchev–Trinajstić information content (AvgIpc) is 2.74. The van der Waals surface area contributed by atoms with Crippen molar-refractivity contribution in [1.82, 2.24) is 20.4 Å². The number of urea groups is 1. The fourth-order valence-electron chi connectivity index (χ4n) is 2.48. The number of carbonyl (C=O) groups is 2. The van der Waals surface area contributed by atoms with Crippen molar-refractivity contribution in [1.29, 1.82) is 0 Å². The van der Waals surface area contributed by atoms with E-state index in [4.69, 9.17) is 0 Å². The van der Waals surface area contributed by atoms with E-state index in [0.29, 0.717) is 18.4 Å². The maximum Gasteiger partial charge on any atom is 0.325 e. The van der Waals surface area contributed by atoms with Gasteiger partial charge in [0.25, 0.3) is 5.91 Å². The first-order valence-corrected chi connectivity index (χ1v) is 7.11. The summed E-state index contributed by atoms with van der Waals surface area (Å²) in [7, 11) is 1.68. The highest BCUT2D eigenvalue weighted by molar-refractivity contribution is 6.04. The molecule has 0 aromatic rings. The van der Waals surface area contributed by atoms with Gasteiger partial charge in [-0.3, -0.25) is 15.1 Å². The summed E-state index contributed by atoms with van der Waals surface area (Å²) in [5, 5.41) is 5.60. The number of nitrogens with zero attached hydrogens (tertiary/aromatic N) is 3. The highest BCUT2D eigenvalue weighted by Crippen LogP contribution is 2.20. The normalized spacial score (nSPS) is 27.9. The summed E-state index contributed by atoms with van der Waals surface area (Å²) >= 11 is 0. The van der Waals surface area contributed by atoms with E-state index < -0.39 is 6.04 Å². The second kappa shape index (κ2) is 5.68. The maximum atomic E-state index is 12.1. The monoisotopic (exact) mass is 281 g/mol. The molecule has 2 aliphatic rings. The van der Waals surface area contributed by atoms with Crippen molar-refractivity contribution in [3.63, 3.8) is 0 Å². The summed E-state index contributed by atoms with van der Waals surface area (Å²) in [5.74, 6) is 0.907. The van der Waals surface area contributed by atoms with Crippen LogP contribution < -0.4 is 10.6 Å². The van der Waals surface area contributed by atoms with E-state index in [9.17, 15) is 9.59 Å². The van der Waals surface area contributed by atoms with Crippen molar-refractivity contribution < 1.29 is 9.59 Å². The number of amides is 3. The van der Waals surface area contributed by atoms with E-state index in [1.54, 1.807) is 7.05 Å². The predicted octanol–water partition coefficient (Wildman–Crippen LogP) is 0.190. The third-order valence-corrected chi connectivity index (χ3v) is 3.49. The molecule has 0 radical (unpaired) electrons. The van der Waals surface area contributed by atoms with Crippen LogP contribution in [0, 0.1) is 5.92 Å². The molecule has 3 amide bonds. The SMILES string of the molecule is CCCN1C(=NCC(C)C)NC2C1C(=O)NC(=O)N2C. The molecule has 20 heavy (non-hydrogen) atoms. The van der Waals surface area contributed by atoms with Gasteiger partial charge in [0.1, 0.15) is 6.17 Å². The fraction of sp³-hybridized carbons (Fsp3) is 0.769. The Labute approximate surface area is 119 Å². The fourth-order valence-corrected chi connectivity index (χ4v) is 2.48. The zero-order chi connectivity index (χ0) is 14.9. The molecule has 7 heteroatoms. The Bertz CT molecular complexity index is 434. The van der Waals surface area contributed by atoms with Crippen LogP contribution in [0.2, 0.25) is 0 Å². The summed E-state index contributed by atoms with van der Waals surface area (Å²) in [6.07, 6.45) is 0.574. The lowest BCUT2D eigenvalue weighted by Crippen LogP contribution is -2.64. The first-order valence-electron chi connectivity index (χ1n) is 7.11. The Morgan fingerprint density at radius 2 is 2.05 bits per heavy atom. The molecule has 2 saturated heterocycles. The van der Waals surface area contributed by atoms with Crippen molar-refractivity contribution in [2.75, 3.05) is 20.1 Å². The molecule has 0 bridgehead atoms. The number of rotatable bonds is 4. The van der Waals surface area contributed by atoms with Crippen LogP contribution in [-0.4, -0.2) is 60.0 Å². The summed E-state index contributed by atoms with van der Waals surface area (Å²) < 4.78 is 0. The molecule has 2 N–H and O–H groups in total. The Hall–Kier alpha value is -1.79. The molecule has 2 atom stereocenters. The number of hydrogen-bond acceptors (Lipinski definition) is 3. The molecule has 7 nitrogen and oxygen atoms in total. The number of nitrogens with one attached hydrogen (secondary N) is 2. The number of aliphatic imine (C=N–C) groups is 1. The average molecular weight is 281 g/mol. The van der Waals surface area contributed by atoms with Crippen LogP contribution in [0.4, 0.5) is 4.79 Å². The quantitative estimate of drug-likeness (QED) is 0.771. The van der Waals surface area contributed by atoms with Gasteiger partial charge in [-0.2, -0.15) is 0 Å². The molecule has 2 heterocycles. The van der Waals surface area contributed by atoms with E-state index in [-0.39, 0.29) is 18.1 Å². The molecular formula is C13H23N5O2. The first-order chi connectivity index (χ1) is 9.45. The molecule has 2 fully saturated rings. The van der Waals surface area contributed by atoms with Crippen molar-refractivity contribution in [3.8, 4) is 0 Å². The Morgan fingerprint density at radius 3 is 2.65 bits per heavy atom. The minimum Gasteiger partial charge on any atom is -0.334 e. The minimum atomic E-state index is -0.399. The number of carbonyl (C=O) groups excluding carboxylic acids is 2. The van der Waals surface area contributed by atoms with Gasteiger partial charge in [0.05, 0.1) is 0 Å². The standard InChI is InChI=1S/C13H23N5O2/c1-5-6-18-9-10(15-12(18)14-7-8(2)3)17(4)13(20)16-11(9)19/h8-10H,5-7H2,1-4H3,(H,14,15)(H,16,19,20). The summed E-state index contributed by atoms with van der Waals surface area (Å²) in [6, 6.07) is -0.770. The van der Waals surface area contributed by atoms with E-state index in [1.807, 2.05) is 4.90 Å². The van der Waals surface area contributed by atoms with Gasteiger partial charge in [-0.15, -0.1) is 0 Å². The van der Waals surface area contributed by atoms with E-state index in [0.717, 1.165) is 13.0 Å². The van der Waals surface area contributed by atoms with E-state index in [2.05, 4.69) is 36.4 Å². The summed E-state index contributed by atoms with van der Waals surface area (Å²) in [6.45, 7) is 7.68. The molecule has 2 aliphatic heterocycles. The molecule has 0 aromatic heterocycles. The molecular weight excluding hydrogens is 258 g/mol. The highest BCUT2D eigenvalue weighted by Gasteiger charge is 2.49. The van der Waals surface area contributed by atoms with Crippen LogP contribution in [0.25, 0.3) is 0 Å². The van der Waals surface area contributed by atoms with Crippen LogP contribution in [0.3, 0.4) is 0 Å². The van der Waals surface area contributed by atoms with Crippen LogP contribution in [0.1, 0.15) is 27.2 Å². The Balaban J connectivity index is 2.26. The van der Waals surface area contributed by atoms with Crippen molar-refractivity contribution in [2.24, 2.45) is 10.9 Å². The van der Waals surface area contributed by atoms with Gasteiger partial charge in [-0.25, -0.2) is 4.79 Å². The van der Waals surface area contributed by atoms with Gasteiger partial charge in [0.15, 0.2) is 12.0 Å². The number of likely N-dealkylation sites (N-methyl/N-ethyl adjacent to an activating group) is 1. The van der Waals surface area contributed by atoms with Gasteiger partial charge in [0, 0.05) is 20.1 Å². The second-order valence-corrected chi connectivity index (χ2v) is 5.69. The van der Waals surface area contributed by atoms with Gasteiger partial charge in [-0.1, -0.05) is 20.8 Å². The molecule has 2 unspecified atom stereocenters. The zero-order valence-corrected chi connectivity index (χ0v) is 12.5. The third kappa shape index (κ3) is 2.57. The number of imide groups is 1. The van der Waals surface area contributed by atoms with Gasteiger partial charge in [0.2, 0.25) is 0 Å². The summed E-state index contributed by atoms with van der Waals surface area (Å²) in [4.78, 5) is 31.8. The van der Waals surface area contributed by atoms with Gasteiger partial charge < -0.3 is 15.1 Å². The van der Waals surface area contributed by atoms with E-state index >= 15 is 0 Å². The molecule has 2 rings (SSSR count). The lowest BCUT2D eigenvalue weighted by atomic mass is 10.1. The van der Waals surface area contributed by atoms with Crippen molar-refractivity contribution in [2.45, 2.75) is 39.4 Å². The van der Waals surface area contributed by atoms with Gasteiger partial charge in [-0.05, 0) is 12.3 Å². The number of fused-ring (bicyclic) bond motifs is 1. The van der Waals surface area contributed by atoms with Gasteiger partial charge >= 0.3 is 6.03 Å². The predicted molar refractivity (Wildman–Crippen MR) is 76.2 cm³/mol. The maximum absolute atomic E-state index is 12.1. The van der Waals surface area contributed by atoms with Crippen molar-refractivity contribution in [3.05, 3.63) is 0 Å².